The lowest BCUT2D eigenvalue weighted by molar-refractivity contribution is -0.114. The molecule has 0 bridgehead atoms. The minimum atomic E-state index is -2.92. The first kappa shape index (κ1) is 7.64. The van der Waals surface area contributed by atoms with Gasteiger partial charge in [-0.05, 0) is 12.8 Å². The van der Waals surface area contributed by atoms with Gasteiger partial charge < -0.3 is 4.42 Å². The molecule has 0 atom stereocenters. The fraction of sp³-hybridized carbons (Fsp3) is 0.714. The molecule has 1 heterocycles. The average Bonchev–Trinajstić information content (AvgIpc) is 2.30. The summed E-state index contributed by atoms with van der Waals surface area (Å²) in [7, 11) is 0. The van der Waals surface area contributed by atoms with Gasteiger partial charge >= 0.3 is 5.92 Å². The standard InChI is InChI=1S/C7H8F2N2O/c8-7(9,5-2-1-3-5)6-11-10-4-12-6/h4-5H,1-3H2. The summed E-state index contributed by atoms with van der Waals surface area (Å²) in [6, 6.07) is 0. The van der Waals surface area contributed by atoms with Gasteiger partial charge in [-0.2, -0.15) is 8.78 Å². The van der Waals surface area contributed by atoms with E-state index in [1.807, 2.05) is 0 Å². The molecule has 1 aromatic heterocycles. The van der Waals surface area contributed by atoms with Crippen LogP contribution in [0.15, 0.2) is 10.8 Å². The molecule has 0 aliphatic heterocycles. The number of rotatable bonds is 2. The second-order valence-electron chi connectivity index (χ2n) is 2.99. The summed E-state index contributed by atoms with van der Waals surface area (Å²) in [4.78, 5) is 0. The second kappa shape index (κ2) is 2.50. The van der Waals surface area contributed by atoms with Crippen LogP contribution in [-0.2, 0) is 5.92 Å². The highest BCUT2D eigenvalue weighted by molar-refractivity contribution is 4.95. The van der Waals surface area contributed by atoms with Gasteiger partial charge in [0.15, 0.2) is 0 Å². The predicted molar refractivity (Wildman–Crippen MR) is 35.5 cm³/mol. The highest BCUT2D eigenvalue weighted by atomic mass is 19.3. The predicted octanol–water partition coefficient (Wildman–Crippen LogP) is 1.96. The van der Waals surface area contributed by atoms with E-state index in [-0.39, 0.29) is 0 Å². The second-order valence-corrected chi connectivity index (χ2v) is 2.99. The molecule has 1 aliphatic carbocycles. The van der Waals surface area contributed by atoms with Crippen LogP contribution in [0.5, 0.6) is 0 Å². The monoisotopic (exact) mass is 174 g/mol. The molecule has 0 unspecified atom stereocenters. The van der Waals surface area contributed by atoms with Crippen molar-refractivity contribution in [3.05, 3.63) is 12.3 Å². The number of aromatic nitrogens is 2. The molecule has 0 spiro atoms. The Kier molecular flexibility index (Phi) is 1.59. The van der Waals surface area contributed by atoms with Crippen molar-refractivity contribution in [1.29, 1.82) is 0 Å². The maximum Gasteiger partial charge on any atom is 0.326 e. The lowest BCUT2D eigenvalue weighted by Gasteiger charge is -2.30. The Bertz CT molecular complexity index is 256. The molecule has 1 aliphatic rings. The zero-order valence-electron chi connectivity index (χ0n) is 6.33. The lowest BCUT2D eigenvalue weighted by atomic mass is 9.80. The first-order valence-corrected chi connectivity index (χ1v) is 3.85. The smallest absolute Gasteiger partial charge is 0.326 e. The largest absolute Gasteiger partial charge is 0.422 e. The quantitative estimate of drug-likeness (QED) is 0.687. The third-order valence-electron chi connectivity index (χ3n) is 2.26. The molecule has 1 aromatic rings. The van der Waals surface area contributed by atoms with Crippen molar-refractivity contribution in [3.63, 3.8) is 0 Å². The first-order chi connectivity index (χ1) is 5.71. The van der Waals surface area contributed by atoms with Crippen molar-refractivity contribution in [1.82, 2.24) is 10.2 Å². The Morgan fingerprint density at radius 2 is 2.25 bits per heavy atom. The summed E-state index contributed by atoms with van der Waals surface area (Å²) >= 11 is 0. The van der Waals surface area contributed by atoms with Crippen molar-refractivity contribution in [2.75, 3.05) is 0 Å². The fourth-order valence-electron chi connectivity index (χ4n) is 1.26. The number of nitrogens with zero attached hydrogens (tertiary/aromatic N) is 2. The molecule has 66 valence electrons. The molecule has 5 heteroatoms. The summed E-state index contributed by atoms with van der Waals surface area (Å²) in [5.41, 5.74) is 0. The van der Waals surface area contributed by atoms with E-state index < -0.39 is 17.7 Å². The molecule has 1 saturated carbocycles. The van der Waals surface area contributed by atoms with Crippen molar-refractivity contribution in [2.24, 2.45) is 5.92 Å². The minimum Gasteiger partial charge on any atom is -0.422 e. The molecule has 0 amide bonds. The van der Waals surface area contributed by atoms with Crippen molar-refractivity contribution >= 4 is 0 Å². The van der Waals surface area contributed by atoms with Crippen LogP contribution < -0.4 is 0 Å². The zero-order valence-corrected chi connectivity index (χ0v) is 6.33. The van der Waals surface area contributed by atoms with Crippen LogP contribution in [0.25, 0.3) is 0 Å². The molecular formula is C7H8F2N2O. The summed E-state index contributed by atoms with van der Waals surface area (Å²) in [5.74, 6) is -4.07. The Labute approximate surface area is 67.8 Å². The third-order valence-corrected chi connectivity index (χ3v) is 2.26. The third kappa shape index (κ3) is 1.00. The van der Waals surface area contributed by atoms with Crippen LogP contribution >= 0.6 is 0 Å². The summed E-state index contributed by atoms with van der Waals surface area (Å²) in [6.45, 7) is 0. The van der Waals surface area contributed by atoms with Gasteiger partial charge in [0, 0.05) is 5.92 Å². The Morgan fingerprint density at radius 1 is 1.50 bits per heavy atom. The molecule has 0 saturated heterocycles. The maximum atomic E-state index is 13.2. The number of hydrogen-bond donors (Lipinski definition) is 0. The van der Waals surface area contributed by atoms with Gasteiger partial charge in [0.25, 0.3) is 5.89 Å². The van der Waals surface area contributed by atoms with E-state index in [4.69, 9.17) is 0 Å². The summed E-state index contributed by atoms with van der Waals surface area (Å²) in [6.07, 6.45) is 2.90. The highest BCUT2D eigenvalue weighted by Gasteiger charge is 2.48. The molecule has 12 heavy (non-hydrogen) atoms. The number of alkyl halides is 2. The van der Waals surface area contributed by atoms with Crippen LogP contribution in [0.2, 0.25) is 0 Å². The Morgan fingerprint density at radius 3 is 2.67 bits per heavy atom. The average molecular weight is 174 g/mol. The molecule has 3 nitrogen and oxygen atoms in total. The molecule has 0 radical (unpaired) electrons. The topological polar surface area (TPSA) is 38.9 Å². The molecule has 2 rings (SSSR count). The van der Waals surface area contributed by atoms with Crippen LogP contribution in [0, 0.1) is 5.92 Å². The summed E-state index contributed by atoms with van der Waals surface area (Å²) < 4.78 is 31.0. The summed E-state index contributed by atoms with van der Waals surface area (Å²) in [5, 5.41) is 6.46. The molecular weight excluding hydrogens is 166 g/mol. The van der Waals surface area contributed by atoms with Crippen LogP contribution in [-0.4, -0.2) is 10.2 Å². The zero-order chi connectivity index (χ0) is 8.60. The Hall–Kier alpha value is -1.00. The van der Waals surface area contributed by atoms with E-state index in [0.29, 0.717) is 12.8 Å². The van der Waals surface area contributed by atoms with Gasteiger partial charge in [-0.1, -0.05) is 6.42 Å². The highest BCUT2D eigenvalue weighted by Crippen LogP contribution is 2.45. The maximum absolute atomic E-state index is 13.2. The SMILES string of the molecule is FC(F)(c1nnco1)C1CCC1. The number of hydrogen-bond acceptors (Lipinski definition) is 3. The first-order valence-electron chi connectivity index (χ1n) is 3.85. The van der Waals surface area contributed by atoms with Crippen molar-refractivity contribution in [3.8, 4) is 0 Å². The van der Waals surface area contributed by atoms with Crippen molar-refractivity contribution in [2.45, 2.75) is 25.2 Å². The van der Waals surface area contributed by atoms with Crippen LogP contribution in [0.3, 0.4) is 0 Å². The Balaban J connectivity index is 2.19. The van der Waals surface area contributed by atoms with Gasteiger partial charge in [-0.3, -0.25) is 0 Å². The van der Waals surface area contributed by atoms with E-state index >= 15 is 0 Å². The van der Waals surface area contributed by atoms with Crippen molar-refractivity contribution < 1.29 is 13.2 Å². The van der Waals surface area contributed by atoms with E-state index in [0.717, 1.165) is 12.8 Å². The van der Waals surface area contributed by atoms with Gasteiger partial charge in [-0.15, -0.1) is 10.2 Å². The van der Waals surface area contributed by atoms with Gasteiger partial charge in [-0.25, -0.2) is 0 Å². The normalized spacial score (nSPS) is 19.2. The lowest BCUT2D eigenvalue weighted by Crippen LogP contribution is -2.31. The van der Waals surface area contributed by atoms with Gasteiger partial charge in [0.2, 0.25) is 6.39 Å². The van der Waals surface area contributed by atoms with Crippen LogP contribution in [0.4, 0.5) is 8.78 Å². The van der Waals surface area contributed by atoms with E-state index in [1.165, 1.54) is 0 Å². The van der Waals surface area contributed by atoms with E-state index in [1.54, 1.807) is 0 Å². The van der Waals surface area contributed by atoms with E-state index in [2.05, 4.69) is 14.6 Å². The van der Waals surface area contributed by atoms with Gasteiger partial charge in [0.1, 0.15) is 0 Å². The molecule has 0 N–H and O–H groups in total. The fourth-order valence-corrected chi connectivity index (χ4v) is 1.26. The van der Waals surface area contributed by atoms with Gasteiger partial charge in [0.05, 0.1) is 0 Å². The van der Waals surface area contributed by atoms with Crippen LogP contribution in [0.1, 0.15) is 25.2 Å². The minimum absolute atomic E-state index is 0.549. The molecule has 1 fully saturated rings. The number of halogens is 2. The van der Waals surface area contributed by atoms with E-state index in [9.17, 15) is 8.78 Å². The molecule has 0 aromatic carbocycles.